The molecule has 10 heteroatoms. The highest BCUT2D eigenvalue weighted by Gasteiger charge is 2.27. The van der Waals surface area contributed by atoms with Gasteiger partial charge < -0.3 is 18.9 Å². The fourth-order valence-electron chi connectivity index (χ4n) is 8.54. The summed E-state index contributed by atoms with van der Waals surface area (Å²) in [7, 11) is 1.49. The molecule has 0 aliphatic rings. The van der Waals surface area contributed by atoms with E-state index in [1.807, 2.05) is 21.1 Å². The summed E-state index contributed by atoms with van der Waals surface area (Å²) in [6.07, 6.45) is 57.9. The van der Waals surface area contributed by atoms with Crippen molar-refractivity contribution in [3.05, 3.63) is 12.2 Å². The van der Waals surface area contributed by atoms with Gasteiger partial charge in [0.25, 0.3) is 0 Å². The molecule has 1 N–H and O–H groups in total. The van der Waals surface area contributed by atoms with Crippen LogP contribution < -0.4 is 0 Å². The minimum atomic E-state index is -4.36. The second-order valence-electron chi connectivity index (χ2n) is 21.0. The van der Waals surface area contributed by atoms with Crippen LogP contribution in [0, 0.1) is 0 Å². The van der Waals surface area contributed by atoms with Crippen molar-refractivity contribution in [2.24, 2.45) is 0 Å². The molecule has 0 aliphatic carbocycles. The molecule has 2 atom stereocenters. The number of quaternary nitrogens is 1. The zero-order valence-corrected chi connectivity index (χ0v) is 46.1. The standard InChI is InChI=1S/C57H112NO8P/c1-6-8-10-12-14-15-16-17-18-19-20-21-22-23-24-25-26-27-28-29-30-31-32-33-34-35-36-37-38-39-40-41-42-43-44-46-48-50-57(60)66-55(53-63-56(59)49-47-45-13-11-9-7-2)54-65-67(61,62)64-52-51-58(3,4)5/h19-20,55H,6-18,21-54H2,1-5H3/p+1/b20-19-. The predicted molar refractivity (Wildman–Crippen MR) is 284 cm³/mol. The summed E-state index contributed by atoms with van der Waals surface area (Å²) >= 11 is 0. The van der Waals surface area contributed by atoms with Gasteiger partial charge in [0.15, 0.2) is 6.10 Å². The summed E-state index contributed by atoms with van der Waals surface area (Å²) in [5, 5.41) is 0. The number of esters is 2. The van der Waals surface area contributed by atoms with E-state index in [1.54, 1.807) is 0 Å². The van der Waals surface area contributed by atoms with Gasteiger partial charge in [0.1, 0.15) is 19.8 Å². The average Bonchev–Trinajstić information content (AvgIpc) is 3.29. The summed E-state index contributed by atoms with van der Waals surface area (Å²) in [5.41, 5.74) is 0. The SMILES string of the molecule is CCCCCCCCCC/C=C\CCCCCCCCCCCCCCCCCCCCCCCCCCCC(=O)OC(COC(=O)CCCCCCCC)COP(=O)(O)OCC[N+](C)(C)C. The first-order valence-corrected chi connectivity index (χ1v) is 30.4. The number of ether oxygens (including phenoxy) is 2. The Morgan fingerprint density at radius 3 is 1.10 bits per heavy atom. The number of nitrogens with zero attached hydrogens (tertiary/aromatic N) is 1. The van der Waals surface area contributed by atoms with E-state index in [9.17, 15) is 19.0 Å². The Morgan fingerprint density at radius 1 is 0.448 bits per heavy atom. The molecule has 0 aromatic rings. The molecule has 0 bridgehead atoms. The average molecular weight is 972 g/mol. The maximum atomic E-state index is 12.7. The number of likely N-dealkylation sites (N-methyl/N-ethyl adjacent to an activating group) is 1. The van der Waals surface area contributed by atoms with Gasteiger partial charge >= 0.3 is 19.8 Å². The van der Waals surface area contributed by atoms with Crippen LogP contribution in [0.2, 0.25) is 0 Å². The molecule has 0 spiro atoms. The number of allylic oxidation sites excluding steroid dienone is 2. The number of phosphoric ester groups is 1. The number of carbonyl (C=O) groups excluding carboxylic acids is 2. The molecule has 0 rings (SSSR count). The van der Waals surface area contributed by atoms with E-state index >= 15 is 0 Å². The molecule has 398 valence electrons. The van der Waals surface area contributed by atoms with Crippen LogP contribution in [-0.2, 0) is 32.7 Å². The van der Waals surface area contributed by atoms with Crippen LogP contribution in [0.3, 0.4) is 0 Å². The third kappa shape index (κ3) is 53.9. The first kappa shape index (κ1) is 65.8. The third-order valence-electron chi connectivity index (χ3n) is 13.0. The zero-order valence-electron chi connectivity index (χ0n) is 45.2. The predicted octanol–water partition coefficient (Wildman–Crippen LogP) is 17.7. The van der Waals surface area contributed by atoms with E-state index in [1.165, 1.54) is 218 Å². The molecule has 0 aromatic heterocycles. The lowest BCUT2D eigenvalue weighted by Gasteiger charge is -2.24. The first-order chi connectivity index (χ1) is 32.5. The molecule has 0 amide bonds. The Balaban J connectivity index is 3.74. The molecule has 67 heavy (non-hydrogen) atoms. The monoisotopic (exact) mass is 971 g/mol. The zero-order chi connectivity index (χ0) is 49.2. The highest BCUT2D eigenvalue weighted by atomic mass is 31.2. The highest BCUT2D eigenvalue weighted by Crippen LogP contribution is 2.43. The number of phosphoric acid groups is 1. The Hall–Kier alpha value is -1.25. The fourth-order valence-corrected chi connectivity index (χ4v) is 9.28. The largest absolute Gasteiger partial charge is 0.472 e. The molecule has 0 fully saturated rings. The molecule has 0 radical (unpaired) electrons. The number of hydrogen-bond acceptors (Lipinski definition) is 7. The second kappa shape index (κ2) is 49.7. The minimum absolute atomic E-state index is 0.0357. The van der Waals surface area contributed by atoms with E-state index in [4.69, 9.17) is 18.5 Å². The fraction of sp³-hybridized carbons (Fsp3) is 0.930. The van der Waals surface area contributed by atoms with Gasteiger partial charge in [0.2, 0.25) is 0 Å². The molecule has 2 unspecified atom stereocenters. The van der Waals surface area contributed by atoms with Crippen molar-refractivity contribution in [2.75, 3.05) is 47.5 Å². The van der Waals surface area contributed by atoms with Crippen molar-refractivity contribution in [3.8, 4) is 0 Å². The summed E-state index contributed by atoms with van der Waals surface area (Å²) in [4.78, 5) is 35.2. The Labute approximate surface area is 416 Å². The Morgan fingerprint density at radius 2 is 0.761 bits per heavy atom. The normalized spacial score (nSPS) is 13.3. The van der Waals surface area contributed by atoms with Crippen LogP contribution in [0.1, 0.15) is 290 Å². The van der Waals surface area contributed by atoms with Gasteiger partial charge in [-0.2, -0.15) is 0 Å². The molecule has 0 heterocycles. The van der Waals surface area contributed by atoms with Crippen molar-refractivity contribution in [2.45, 2.75) is 296 Å². The summed E-state index contributed by atoms with van der Waals surface area (Å²) in [5.74, 6) is -0.793. The van der Waals surface area contributed by atoms with Gasteiger partial charge in [-0.15, -0.1) is 0 Å². The van der Waals surface area contributed by atoms with Gasteiger partial charge in [0.05, 0.1) is 27.7 Å². The molecule has 0 aliphatic heterocycles. The molecule has 9 nitrogen and oxygen atoms in total. The van der Waals surface area contributed by atoms with Crippen LogP contribution in [-0.4, -0.2) is 74.9 Å². The Kier molecular flexibility index (Phi) is 48.8. The third-order valence-corrected chi connectivity index (χ3v) is 14.0. The van der Waals surface area contributed by atoms with Crippen molar-refractivity contribution in [1.82, 2.24) is 0 Å². The summed E-state index contributed by atoms with van der Waals surface area (Å²) in [6, 6.07) is 0. The molecule has 0 saturated carbocycles. The van der Waals surface area contributed by atoms with Crippen LogP contribution in [0.5, 0.6) is 0 Å². The summed E-state index contributed by atoms with van der Waals surface area (Å²) < 4.78 is 34.3. The van der Waals surface area contributed by atoms with Gasteiger partial charge in [-0.05, 0) is 38.5 Å². The lowest BCUT2D eigenvalue weighted by molar-refractivity contribution is -0.870. The van der Waals surface area contributed by atoms with Crippen LogP contribution >= 0.6 is 7.82 Å². The second-order valence-corrected chi connectivity index (χ2v) is 22.5. The van der Waals surface area contributed by atoms with Crippen molar-refractivity contribution in [1.29, 1.82) is 0 Å². The minimum Gasteiger partial charge on any atom is -0.462 e. The molecule has 0 saturated heterocycles. The van der Waals surface area contributed by atoms with Crippen molar-refractivity contribution in [3.63, 3.8) is 0 Å². The topological polar surface area (TPSA) is 108 Å². The number of hydrogen-bond donors (Lipinski definition) is 1. The maximum absolute atomic E-state index is 12.7. The molecule has 0 aromatic carbocycles. The van der Waals surface area contributed by atoms with Crippen LogP contribution in [0.25, 0.3) is 0 Å². The van der Waals surface area contributed by atoms with Crippen LogP contribution in [0.4, 0.5) is 0 Å². The molecular formula is C57H113NO8P+. The van der Waals surface area contributed by atoms with Crippen LogP contribution in [0.15, 0.2) is 12.2 Å². The van der Waals surface area contributed by atoms with E-state index in [2.05, 4.69) is 26.0 Å². The molecular weight excluding hydrogens is 858 g/mol. The highest BCUT2D eigenvalue weighted by molar-refractivity contribution is 7.47. The number of unbranched alkanes of at least 4 members (excludes halogenated alkanes) is 38. The van der Waals surface area contributed by atoms with E-state index in [0.29, 0.717) is 17.4 Å². The van der Waals surface area contributed by atoms with Gasteiger partial charge in [0, 0.05) is 12.8 Å². The quantitative estimate of drug-likeness (QED) is 0.0211. The summed E-state index contributed by atoms with van der Waals surface area (Å²) in [6.45, 7) is 4.40. The maximum Gasteiger partial charge on any atom is 0.472 e. The van der Waals surface area contributed by atoms with E-state index < -0.39 is 26.5 Å². The van der Waals surface area contributed by atoms with Crippen molar-refractivity contribution < 1.29 is 42.1 Å². The van der Waals surface area contributed by atoms with Gasteiger partial charge in [-0.25, -0.2) is 4.57 Å². The van der Waals surface area contributed by atoms with E-state index in [-0.39, 0.29) is 25.6 Å². The van der Waals surface area contributed by atoms with Gasteiger partial charge in [-0.3, -0.25) is 18.6 Å². The Bertz CT molecular complexity index is 1140. The smallest absolute Gasteiger partial charge is 0.462 e. The number of rotatable bonds is 54. The lowest BCUT2D eigenvalue weighted by atomic mass is 10.0. The van der Waals surface area contributed by atoms with Gasteiger partial charge in [-0.1, -0.05) is 251 Å². The first-order valence-electron chi connectivity index (χ1n) is 28.9. The van der Waals surface area contributed by atoms with E-state index in [0.717, 1.165) is 44.9 Å². The lowest BCUT2D eigenvalue weighted by Crippen LogP contribution is -2.37. The van der Waals surface area contributed by atoms with Crippen molar-refractivity contribution >= 4 is 19.8 Å². The number of carbonyl (C=O) groups is 2.